The molecule has 3 saturated carbocycles. The second-order valence-corrected chi connectivity index (χ2v) is 10.3. The van der Waals surface area contributed by atoms with Crippen LogP contribution in [0.5, 0.6) is 0 Å². The van der Waals surface area contributed by atoms with Gasteiger partial charge in [0.25, 0.3) is 0 Å². The van der Waals surface area contributed by atoms with Gasteiger partial charge < -0.3 is 0 Å². The molecule has 3 aliphatic carbocycles. The van der Waals surface area contributed by atoms with Crippen LogP contribution < -0.4 is 0 Å². The van der Waals surface area contributed by atoms with Crippen LogP contribution in [0.25, 0.3) is 0 Å². The van der Waals surface area contributed by atoms with E-state index in [1.165, 1.54) is 63.4 Å². The predicted molar refractivity (Wildman–Crippen MR) is 112 cm³/mol. The van der Waals surface area contributed by atoms with Crippen LogP contribution in [0, 0.1) is 36.5 Å². The summed E-state index contributed by atoms with van der Waals surface area (Å²) in [6, 6.07) is 9.42. The minimum absolute atomic E-state index is 0.845. The number of hydrogen-bond donors (Lipinski definition) is 0. The Hall–Kier alpha value is -0.780. The topological polar surface area (TPSA) is 0 Å². The van der Waals surface area contributed by atoms with Gasteiger partial charge in [-0.25, -0.2) is 0 Å². The van der Waals surface area contributed by atoms with E-state index in [2.05, 4.69) is 38.1 Å². The van der Waals surface area contributed by atoms with Crippen molar-refractivity contribution in [1.82, 2.24) is 0 Å². The molecule has 0 spiro atoms. The highest BCUT2D eigenvalue weighted by molar-refractivity contribution is 5.25. The Balaban J connectivity index is 1.24. The van der Waals surface area contributed by atoms with Gasteiger partial charge in [0.15, 0.2) is 0 Å². The van der Waals surface area contributed by atoms with Gasteiger partial charge in [-0.15, -0.1) is 0 Å². The molecule has 0 aromatic heterocycles. The van der Waals surface area contributed by atoms with Gasteiger partial charge in [-0.3, -0.25) is 0 Å². The van der Waals surface area contributed by atoms with Crippen molar-refractivity contribution < 1.29 is 0 Å². The molecule has 0 aliphatic heterocycles. The van der Waals surface area contributed by atoms with Gasteiger partial charge in [0.2, 0.25) is 0 Å². The van der Waals surface area contributed by atoms with Crippen molar-refractivity contribution in [3.8, 4) is 0 Å². The predicted octanol–water partition coefficient (Wildman–Crippen LogP) is 7.90. The third-order valence-electron chi connectivity index (χ3n) is 8.39. The summed E-state index contributed by atoms with van der Waals surface area (Å²) in [7, 11) is 0. The first-order chi connectivity index (χ1) is 12.7. The van der Waals surface area contributed by atoms with Crippen molar-refractivity contribution in [2.45, 2.75) is 96.8 Å². The van der Waals surface area contributed by atoms with Gasteiger partial charge in [-0.05, 0) is 80.1 Å². The quantitative estimate of drug-likeness (QED) is 0.516. The molecule has 0 radical (unpaired) electrons. The van der Waals surface area contributed by atoms with Crippen LogP contribution in [0.2, 0.25) is 0 Å². The molecule has 0 bridgehead atoms. The van der Waals surface area contributed by atoms with Crippen LogP contribution in [0.4, 0.5) is 0 Å². The van der Waals surface area contributed by atoms with Crippen molar-refractivity contribution in [2.75, 3.05) is 0 Å². The second-order valence-electron chi connectivity index (χ2n) is 10.3. The Bertz CT molecular complexity index is 548. The number of benzene rings is 1. The summed E-state index contributed by atoms with van der Waals surface area (Å²) in [5.41, 5.74) is 3.01. The Kier molecular flexibility index (Phi) is 6.07. The van der Waals surface area contributed by atoms with Crippen LogP contribution in [-0.2, 0) is 0 Å². The van der Waals surface area contributed by atoms with Crippen LogP contribution >= 0.6 is 0 Å². The summed E-state index contributed by atoms with van der Waals surface area (Å²) < 4.78 is 0. The maximum atomic E-state index is 2.45. The molecule has 4 rings (SSSR count). The van der Waals surface area contributed by atoms with E-state index >= 15 is 0 Å². The first kappa shape index (κ1) is 18.6. The first-order valence-corrected chi connectivity index (χ1v) is 11.7. The molecule has 0 N–H and O–H groups in total. The summed E-state index contributed by atoms with van der Waals surface area (Å²) >= 11 is 0. The van der Waals surface area contributed by atoms with Gasteiger partial charge >= 0.3 is 0 Å². The maximum Gasteiger partial charge on any atom is -0.0159 e. The van der Waals surface area contributed by atoms with Gasteiger partial charge in [-0.2, -0.15) is 0 Å². The fourth-order valence-electron chi connectivity index (χ4n) is 6.48. The molecular weight excluding hydrogens is 312 g/mol. The number of aryl methyl sites for hydroxylation is 1. The maximum absolute atomic E-state index is 2.45. The second kappa shape index (κ2) is 8.49. The van der Waals surface area contributed by atoms with E-state index in [9.17, 15) is 0 Å². The van der Waals surface area contributed by atoms with Crippen molar-refractivity contribution in [3.05, 3.63) is 35.4 Å². The van der Waals surface area contributed by atoms with Gasteiger partial charge in [0.1, 0.15) is 0 Å². The Morgan fingerprint density at radius 2 is 1.31 bits per heavy atom. The molecule has 3 aliphatic rings. The standard InChI is InChI=1S/C26H40/c1-19-3-7-21(8-4-19)9-10-22-11-14-26-18-25(16-15-24(26)17-22)23-12-5-20(2)6-13-23/h5-6,12-13,19,21-22,24-26H,3-4,7-11,14-18H2,1-2H3. The van der Waals surface area contributed by atoms with E-state index in [-0.39, 0.29) is 0 Å². The van der Waals surface area contributed by atoms with Crippen LogP contribution in [0.15, 0.2) is 24.3 Å². The average Bonchev–Trinajstić information content (AvgIpc) is 2.67. The number of hydrogen-bond acceptors (Lipinski definition) is 0. The lowest BCUT2D eigenvalue weighted by Gasteiger charge is -2.42. The molecule has 0 saturated heterocycles. The highest BCUT2D eigenvalue weighted by atomic mass is 14.4. The molecule has 26 heavy (non-hydrogen) atoms. The summed E-state index contributed by atoms with van der Waals surface area (Å²) in [4.78, 5) is 0. The first-order valence-electron chi connectivity index (χ1n) is 11.7. The molecule has 144 valence electrons. The van der Waals surface area contributed by atoms with E-state index in [0.717, 1.165) is 35.5 Å². The molecule has 3 fully saturated rings. The third-order valence-corrected chi connectivity index (χ3v) is 8.39. The van der Waals surface area contributed by atoms with Crippen molar-refractivity contribution in [1.29, 1.82) is 0 Å². The van der Waals surface area contributed by atoms with Crippen LogP contribution in [0.1, 0.15) is 101 Å². The summed E-state index contributed by atoms with van der Waals surface area (Å²) in [6.07, 6.45) is 18.2. The largest absolute Gasteiger partial charge is 0.0625 e. The number of fused-ring (bicyclic) bond motifs is 1. The zero-order valence-electron chi connectivity index (χ0n) is 17.3. The molecule has 1 aromatic carbocycles. The third kappa shape index (κ3) is 4.55. The lowest BCUT2D eigenvalue weighted by atomic mass is 9.63. The van der Waals surface area contributed by atoms with E-state index in [0.29, 0.717) is 0 Å². The minimum atomic E-state index is 0.845. The smallest absolute Gasteiger partial charge is 0.0159 e. The van der Waals surface area contributed by atoms with E-state index in [4.69, 9.17) is 0 Å². The zero-order chi connectivity index (χ0) is 17.9. The fourth-order valence-corrected chi connectivity index (χ4v) is 6.48. The average molecular weight is 353 g/mol. The van der Waals surface area contributed by atoms with E-state index in [1.54, 1.807) is 24.8 Å². The van der Waals surface area contributed by atoms with E-state index < -0.39 is 0 Å². The Morgan fingerprint density at radius 3 is 2.08 bits per heavy atom. The molecule has 4 unspecified atom stereocenters. The van der Waals surface area contributed by atoms with Gasteiger partial charge in [0.05, 0.1) is 0 Å². The lowest BCUT2D eigenvalue weighted by Crippen LogP contribution is -2.30. The van der Waals surface area contributed by atoms with Crippen LogP contribution in [-0.4, -0.2) is 0 Å². The Morgan fingerprint density at radius 1 is 0.692 bits per heavy atom. The minimum Gasteiger partial charge on any atom is -0.0625 e. The lowest BCUT2D eigenvalue weighted by molar-refractivity contribution is 0.109. The molecular formula is C26H40. The van der Waals surface area contributed by atoms with E-state index in [1.807, 2.05) is 0 Å². The van der Waals surface area contributed by atoms with Crippen molar-refractivity contribution in [2.24, 2.45) is 29.6 Å². The Labute approximate surface area is 162 Å². The normalized spacial score (nSPS) is 37.9. The molecule has 0 heteroatoms. The highest BCUT2D eigenvalue weighted by Crippen LogP contribution is 2.48. The van der Waals surface area contributed by atoms with Crippen molar-refractivity contribution in [3.63, 3.8) is 0 Å². The zero-order valence-corrected chi connectivity index (χ0v) is 17.3. The molecule has 0 amide bonds. The molecule has 0 heterocycles. The summed E-state index contributed by atoms with van der Waals surface area (Å²) in [5.74, 6) is 6.07. The molecule has 4 atom stereocenters. The number of rotatable bonds is 4. The summed E-state index contributed by atoms with van der Waals surface area (Å²) in [5, 5.41) is 0. The fraction of sp³-hybridized carbons (Fsp3) is 0.769. The van der Waals surface area contributed by atoms with Crippen LogP contribution in [0.3, 0.4) is 0 Å². The molecule has 0 nitrogen and oxygen atoms in total. The SMILES string of the molecule is Cc1ccc(C2CCC3CC(CCC4CCC(C)CC4)CCC3C2)cc1. The summed E-state index contributed by atoms with van der Waals surface area (Å²) in [6.45, 7) is 4.65. The van der Waals surface area contributed by atoms with Crippen molar-refractivity contribution >= 4 is 0 Å². The van der Waals surface area contributed by atoms with Gasteiger partial charge in [-0.1, -0.05) is 81.7 Å². The molecule has 1 aromatic rings. The van der Waals surface area contributed by atoms with Gasteiger partial charge in [0, 0.05) is 0 Å². The monoisotopic (exact) mass is 352 g/mol. The highest BCUT2D eigenvalue weighted by Gasteiger charge is 2.36.